The molecular formula is C22H25FN4O2. The Morgan fingerprint density at radius 1 is 1.10 bits per heavy atom. The van der Waals surface area contributed by atoms with E-state index in [2.05, 4.69) is 11.0 Å². The molecule has 1 aromatic carbocycles. The lowest BCUT2D eigenvalue weighted by Crippen LogP contribution is -2.55. The van der Waals surface area contributed by atoms with E-state index in [0.717, 1.165) is 31.4 Å². The fourth-order valence-electron chi connectivity index (χ4n) is 4.94. The molecule has 4 rings (SSSR count). The van der Waals surface area contributed by atoms with Crippen LogP contribution in [0.15, 0.2) is 35.5 Å². The summed E-state index contributed by atoms with van der Waals surface area (Å²) >= 11 is 0. The molecular weight excluding hydrogens is 371 g/mol. The highest BCUT2D eigenvalue weighted by atomic mass is 19.1. The maximum absolute atomic E-state index is 13.1. The largest absolute Gasteiger partial charge is 0.370 e. The number of hydrogen-bond donors (Lipinski definition) is 0. The summed E-state index contributed by atoms with van der Waals surface area (Å²) in [5.74, 6) is -0.471. The van der Waals surface area contributed by atoms with Gasteiger partial charge in [0.2, 0.25) is 0 Å². The van der Waals surface area contributed by atoms with Crippen LogP contribution in [0.1, 0.15) is 36.0 Å². The fraction of sp³-hybridized carbons (Fsp3) is 0.500. The number of rotatable bonds is 2. The lowest BCUT2D eigenvalue weighted by Gasteiger charge is -2.48. The number of carbonyl (C=O) groups is 2. The monoisotopic (exact) mass is 396 g/mol. The van der Waals surface area contributed by atoms with E-state index in [1.165, 1.54) is 24.3 Å². The summed E-state index contributed by atoms with van der Waals surface area (Å²) in [6, 6.07) is 7.91. The Labute approximate surface area is 170 Å². The van der Waals surface area contributed by atoms with Gasteiger partial charge in [0.25, 0.3) is 11.8 Å². The molecule has 2 fully saturated rings. The van der Waals surface area contributed by atoms with Crippen molar-refractivity contribution in [1.29, 1.82) is 5.26 Å². The van der Waals surface area contributed by atoms with Gasteiger partial charge in [-0.1, -0.05) is 12.8 Å². The van der Waals surface area contributed by atoms with E-state index >= 15 is 0 Å². The van der Waals surface area contributed by atoms with Crippen LogP contribution in [0.5, 0.6) is 0 Å². The van der Waals surface area contributed by atoms with Crippen LogP contribution in [0.4, 0.5) is 4.39 Å². The van der Waals surface area contributed by atoms with E-state index < -0.39 is 0 Å². The molecule has 1 saturated carbocycles. The highest BCUT2D eigenvalue weighted by molar-refractivity contribution is 5.99. The molecule has 0 radical (unpaired) electrons. The molecule has 7 heteroatoms. The minimum absolute atomic E-state index is 0.117. The summed E-state index contributed by atoms with van der Waals surface area (Å²) in [4.78, 5) is 31.1. The second-order valence-electron chi connectivity index (χ2n) is 8.03. The molecule has 0 bridgehead atoms. The van der Waals surface area contributed by atoms with Gasteiger partial charge in [-0.05, 0) is 37.1 Å². The highest BCUT2D eigenvalue weighted by Gasteiger charge is 2.43. The molecule has 1 saturated heterocycles. The number of carbonyl (C=O) groups excluding carboxylic acids is 2. The van der Waals surface area contributed by atoms with Gasteiger partial charge >= 0.3 is 0 Å². The predicted molar refractivity (Wildman–Crippen MR) is 105 cm³/mol. The molecule has 0 N–H and O–H groups in total. The van der Waals surface area contributed by atoms with Crippen LogP contribution in [-0.2, 0) is 4.79 Å². The molecule has 1 aromatic rings. The fourth-order valence-corrected chi connectivity index (χ4v) is 4.94. The number of amides is 2. The summed E-state index contributed by atoms with van der Waals surface area (Å²) in [6.45, 7) is 2.21. The maximum atomic E-state index is 13.1. The highest BCUT2D eigenvalue weighted by Crippen LogP contribution is 2.40. The van der Waals surface area contributed by atoms with Gasteiger partial charge < -0.3 is 14.7 Å². The molecule has 1 aliphatic carbocycles. The number of nitrogens with zero attached hydrogens (tertiary/aromatic N) is 4. The van der Waals surface area contributed by atoms with Crippen LogP contribution < -0.4 is 0 Å². The number of likely N-dealkylation sites (N-methyl/N-ethyl adjacent to an activating group) is 1. The summed E-state index contributed by atoms with van der Waals surface area (Å²) in [5, 5.41) is 9.70. The van der Waals surface area contributed by atoms with Crippen molar-refractivity contribution in [3.05, 3.63) is 46.9 Å². The van der Waals surface area contributed by atoms with Gasteiger partial charge in [0.05, 0.1) is 0 Å². The van der Waals surface area contributed by atoms with Gasteiger partial charge in [-0.2, -0.15) is 5.26 Å². The van der Waals surface area contributed by atoms with Gasteiger partial charge in [0, 0.05) is 56.4 Å². The molecule has 6 nitrogen and oxygen atoms in total. The van der Waals surface area contributed by atoms with Crippen LogP contribution >= 0.6 is 0 Å². The van der Waals surface area contributed by atoms with Crippen LogP contribution in [0.25, 0.3) is 0 Å². The van der Waals surface area contributed by atoms with Crippen LogP contribution in [0, 0.1) is 23.1 Å². The first-order valence-electron chi connectivity index (χ1n) is 10.2. The summed E-state index contributed by atoms with van der Waals surface area (Å²) in [5.41, 5.74) is 1.61. The average molecular weight is 396 g/mol. The number of benzene rings is 1. The Morgan fingerprint density at radius 2 is 1.76 bits per heavy atom. The van der Waals surface area contributed by atoms with Crippen molar-refractivity contribution >= 4 is 11.8 Å². The third-order valence-electron chi connectivity index (χ3n) is 6.48. The van der Waals surface area contributed by atoms with Crippen molar-refractivity contribution in [2.45, 2.75) is 31.7 Å². The molecule has 2 atom stereocenters. The maximum Gasteiger partial charge on any atom is 0.266 e. The normalized spacial score (nSPS) is 25.0. The van der Waals surface area contributed by atoms with Crippen molar-refractivity contribution in [1.82, 2.24) is 14.7 Å². The van der Waals surface area contributed by atoms with Gasteiger partial charge in [0.15, 0.2) is 0 Å². The summed E-state index contributed by atoms with van der Waals surface area (Å²) in [6.07, 6.45) is 4.16. The van der Waals surface area contributed by atoms with Crippen LogP contribution in [0.2, 0.25) is 0 Å². The zero-order valence-corrected chi connectivity index (χ0v) is 16.6. The lowest BCUT2D eigenvalue weighted by atomic mass is 9.77. The number of piperazine rings is 1. The minimum atomic E-state index is -0.365. The Kier molecular flexibility index (Phi) is 5.27. The van der Waals surface area contributed by atoms with Crippen molar-refractivity contribution < 1.29 is 14.0 Å². The molecule has 0 aromatic heterocycles. The van der Waals surface area contributed by atoms with Gasteiger partial charge in [-0.25, -0.2) is 4.39 Å². The number of fused-ring (bicyclic) bond motifs is 1. The smallest absolute Gasteiger partial charge is 0.266 e. The van der Waals surface area contributed by atoms with Crippen LogP contribution in [0.3, 0.4) is 0 Å². The quantitative estimate of drug-likeness (QED) is 0.770. The molecule has 2 unspecified atom stereocenters. The molecule has 0 spiro atoms. The predicted octanol–water partition coefficient (Wildman–Crippen LogP) is 2.39. The molecule has 2 heterocycles. The van der Waals surface area contributed by atoms with Crippen molar-refractivity contribution in [2.24, 2.45) is 5.92 Å². The number of halogens is 1. The third-order valence-corrected chi connectivity index (χ3v) is 6.48. The van der Waals surface area contributed by atoms with Crippen molar-refractivity contribution in [3.63, 3.8) is 0 Å². The molecule has 29 heavy (non-hydrogen) atoms. The molecule has 2 amide bonds. The first-order chi connectivity index (χ1) is 14.0. The zero-order valence-electron chi connectivity index (χ0n) is 16.6. The van der Waals surface area contributed by atoms with Crippen LogP contribution in [-0.4, -0.2) is 65.8 Å². The summed E-state index contributed by atoms with van der Waals surface area (Å²) in [7, 11) is 1.80. The molecule has 2 aliphatic heterocycles. The van der Waals surface area contributed by atoms with Crippen molar-refractivity contribution in [3.8, 4) is 6.07 Å². The topological polar surface area (TPSA) is 67.7 Å². The van der Waals surface area contributed by atoms with Crippen molar-refractivity contribution in [2.75, 3.05) is 33.2 Å². The number of nitriles is 1. The van der Waals surface area contributed by atoms with Gasteiger partial charge in [0.1, 0.15) is 17.5 Å². The summed E-state index contributed by atoms with van der Waals surface area (Å²) < 4.78 is 13.1. The Hall–Kier alpha value is -2.88. The molecule has 152 valence electrons. The second-order valence-corrected chi connectivity index (χ2v) is 8.03. The molecule has 3 aliphatic rings. The van der Waals surface area contributed by atoms with E-state index in [1.807, 2.05) is 0 Å². The standard InChI is InChI=1S/C22H25FN4O2/c1-25-19-5-3-2-4-17(19)20(18(14-24)22(25)29)26-10-12-27(13-11-26)21(28)15-6-8-16(23)9-7-15/h6-9,17,19H,2-5,10-13H2,1H3. The van der Waals surface area contributed by atoms with E-state index in [9.17, 15) is 19.2 Å². The van der Waals surface area contributed by atoms with E-state index in [0.29, 0.717) is 31.7 Å². The van der Waals surface area contributed by atoms with E-state index in [4.69, 9.17) is 0 Å². The Balaban J connectivity index is 1.52. The Bertz CT molecular complexity index is 881. The van der Waals surface area contributed by atoms with E-state index in [1.54, 1.807) is 16.8 Å². The zero-order chi connectivity index (χ0) is 20.5. The first kappa shape index (κ1) is 19.4. The Morgan fingerprint density at radius 3 is 2.41 bits per heavy atom. The van der Waals surface area contributed by atoms with E-state index in [-0.39, 0.29) is 35.2 Å². The second kappa shape index (κ2) is 7.86. The average Bonchev–Trinajstić information content (AvgIpc) is 2.76. The first-order valence-corrected chi connectivity index (χ1v) is 10.2. The van der Waals surface area contributed by atoms with Gasteiger partial charge in [-0.3, -0.25) is 9.59 Å². The number of hydrogen-bond acceptors (Lipinski definition) is 4. The minimum Gasteiger partial charge on any atom is -0.370 e. The third kappa shape index (κ3) is 3.48. The van der Waals surface area contributed by atoms with Gasteiger partial charge in [-0.15, -0.1) is 0 Å². The lowest BCUT2D eigenvalue weighted by molar-refractivity contribution is -0.130. The SMILES string of the molecule is CN1C(=O)C(C#N)=C(N2CCN(C(=O)c3ccc(F)cc3)CC2)C2CCCCC21.